The van der Waals surface area contributed by atoms with Gasteiger partial charge < -0.3 is 0 Å². The fourth-order valence-electron chi connectivity index (χ4n) is 1.55. The van der Waals surface area contributed by atoms with Crippen molar-refractivity contribution in [2.45, 2.75) is 11.8 Å². The molecule has 0 unspecified atom stereocenters. The van der Waals surface area contributed by atoms with Crippen LogP contribution in [-0.2, 0) is 10.0 Å². The number of sulfonamides is 1. The Labute approximate surface area is 136 Å². The molecule has 0 aliphatic rings. The van der Waals surface area contributed by atoms with Crippen molar-refractivity contribution in [3.8, 4) is 0 Å². The lowest BCUT2D eigenvalue weighted by Crippen LogP contribution is -2.13. The molecule has 2 rings (SSSR count). The van der Waals surface area contributed by atoms with Crippen LogP contribution in [0, 0.1) is 6.92 Å². The number of nitrogens with one attached hydrogen (secondary N) is 1. The normalized spacial score (nSPS) is 11.4. The highest BCUT2D eigenvalue weighted by atomic mass is 79.9. The Hall–Kier alpha value is -0.750. The van der Waals surface area contributed by atoms with Crippen molar-refractivity contribution in [2.75, 3.05) is 4.72 Å². The maximum absolute atomic E-state index is 12.3. The molecule has 106 valence electrons. The van der Waals surface area contributed by atoms with E-state index in [1.165, 1.54) is 12.1 Å². The van der Waals surface area contributed by atoms with Gasteiger partial charge in [-0.2, -0.15) is 0 Å². The Bertz CT molecular complexity index is 722. The fourth-order valence-corrected chi connectivity index (χ4v) is 4.07. The molecule has 0 spiro atoms. The molecule has 7 heteroatoms. The standard InChI is InChI=1S/C13H10BrCl2NO2S/c1-8-2-4-10(5-3-8)20(18,19)17-13-11(15)6-9(14)7-12(13)16/h2-7,17H,1H3. The summed E-state index contributed by atoms with van der Waals surface area (Å²) in [6.07, 6.45) is 0. The van der Waals surface area contributed by atoms with E-state index in [1.807, 2.05) is 6.92 Å². The second-order valence-electron chi connectivity index (χ2n) is 4.16. The summed E-state index contributed by atoms with van der Waals surface area (Å²) in [7, 11) is -3.72. The molecule has 0 radical (unpaired) electrons. The van der Waals surface area contributed by atoms with Gasteiger partial charge in [-0.25, -0.2) is 8.42 Å². The molecule has 0 heterocycles. The molecule has 0 atom stereocenters. The third kappa shape index (κ3) is 3.47. The molecule has 0 saturated heterocycles. The zero-order chi connectivity index (χ0) is 14.9. The Kier molecular flexibility index (Phi) is 4.64. The van der Waals surface area contributed by atoms with Gasteiger partial charge >= 0.3 is 0 Å². The molecule has 0 saturated carbocycles. The topological polar surface area (TPSA) is 46.2 Å². The second kappa shape index (κ2) is 5.93. The first-order chi connectivity index (χ1) is 9.29. The predicted octanol–water partition coefficient (Wildman–Crippen LogP) is 4.87. The smallest absolute Gasteiger partial charge is 0.261 e. The number of hydrogen-bond acceptors (Lipinski definition) is 2. The maximum Gasteiger partial charge on any atom is 0.261 e. The van der Waals surface area contributed by atoms with E-state index in [1.54, 1.807) is 24.3 Å². The van der Waals surface area contributed by atoms with Crippen molar-refractivity contribution in [1.82, 2.24) is 0 Å². The van der Waals surface area contributed by atoms with Crippen LogP contribution in [0.2, 0.25) is 10.0 Å². The molecule has 2 aromatic rings. The Morgan fingerprint density at radius 2 is 1.55 bits per heavy atom. The van der Waals surface area contributed by atoms with Crippen LogP contribution in [0.5, 0.6) is 0 Å². The van der Waals surface area contributed by atoms with Gasteiger partial charge in [0.05, 0.1) is 20.6 Å². The number of halogens is 3. The van der Waals surface area contributed by atoms with Gasteiger partial charge in [0.15, 0.2) is 0 Å². The van der Waals surface area contributed by atoms with E-state index in [4.69, 9.17) is 23.2 Å². The molecule has 0 aliphatic carbocycles. The van der Waals surface area contributed by atoms with E-state index >= 15 is 0 Å². The van der Waals surface area contributed by atoms with E-state index < -0.39 is 10.0 Å². The van der Waals surface area contributed by atoms with Gasteiger partial charge in [0.1, 0.15) is 0 Å². The summed E-state index contributed by atoms with van der Waals surface area (Å²) in [6, 6.07) is 9.64. The van der Waals surface area contributed by atoms with Crippen LogP contribution in [0.25, 0.3) is 0 Å². The van der Waals surface area contributed by atoms with Crippen molar-refractivity contribution < 1.29 is 8.42 Å². The van der Waals surface area contributed by atoms with Gasteiger partial charge in [-0.15, -0.1) is 0 Å². The van der Waals surface area contributed by atoms with Gasteiger partial charge in [0, 0.05) is 4.47 Å². The van der Waals surface area contributed by atoms with Gasteiger partial charge in [-0.05, 0) is 31.2 Å². The van der Waals surface area contributed by atoms with Crippen molar-refractivity contribution in [3.05, 3.63) is 56.5 Å². The van der Waals surface area contributed by atoms with Crippen molar-refractivity contribution in [2.24, 2.45) is 0 Å². The van der Waals surface area contributed by atoms with E-state index in [0.29, 0.717) is 4.47 Å². The van der Waals surface area contributed by atoms with Gasteiger partial charge in [0.25, 0.3) is 10.0 Å². The van der Waals surface area contributed by atoms with E-state index in [0.717, 1.165) is 5.56 Å². The van der Waals surface area contributed by atoms with Crippen molar-refractivity contribution in [3.63, 3.8) is 0 Å². The van der Waals surface area contributed by atoms with E-state index in [9.17, 15) is 8.42 Å². The molecular formula is C13H10BrCl2NO2S. The number of hydrogen-bond donors (Lipinski definition) is 1. The van der Waals surface area contributed by atoms with Crippen LogP contribution in [0.15, 0.2) is 45.8 Å². The first-order valence-corrected chi connectivity index (χ1v) is 8.57. The summed E-state index contributed by atoms with van der Waals surface area (Å²) < 4.78 is 27.6. The summed E-state index contributed by atoms with van der Waals surface area (Å²) >= 11 is 15.3. The summed E-state index contributed by atoms with van der Waals surface area (Å²) in [4.78, 5) is 0.151. The lowest BCUT2D eigenvalue weighted by molar-refractivity contribution is 0.601. The zero-order valence-corrected chi connectivity index (χ0v) is 14.2. The van der Waals surface area contributed by atoms with Gasteiger partial charge in [0.2, 0.25) is 0 Å². The summed E-state index contributed by atoms with van der Waals surface area (Å²) in [5.41, 5.74) is 1.14. The Morgan fingerprint density at radius 1 is 1.05 bits per heavy atom. The molecule has 0 bridgehead atoms. The minimum atomic E-state index is -3.72. The van der Waals surface area contributed by atoms with Crippen molar-refractivity contribution >= 4 is 54.8 Å². The van der Waals surface area contributed by atoms with Crippen LogP contribution in [0.3, 0.4) is 0 Å². The molecule has 0 amide bonds. The highest BCUT2D eigenvalue weighted by molar-refractivity contribution is 9.10. The number of rotatable bonds is 3. The molecule has 3 nitrogen and oxygen atoms in total. The summed E-state index contributed by atoms with van der Waals surface area (Å²) in [5, 5.41) is 0.445. The minimum Gasteiger partial charge on any atom is -0.277 e. The molecule has 1 N–H and O–H groups in total. The molecule has 0 aliphatic heterocycles. The lowest BCUT2D eigenvalue weighted by atomic mass is 10.2. The molecule has 0 aromatic heterocycles. The highest BCUT2D eigenvalue weighted by Gasteiger charge is 2.18. The molecule has 2 aromatic carbocycles. The third-order valence-corrected chi connectivity index (χ3v) is 4.99. The minimum absolute atomic E-state index is 0.151. The van der Waals surface area contributed by atoms with Gasteiger partial charge in [-0.3, -0.25) is 4.72 Å². The molecule has 0 fully saturated rings. The Balaban J connectivity index is 2.41. The molecule has 20 heavy (non-hydrogen) atoms. The zero-order valence-electron chi connectivity index (χ0n) is 10.3. The summed E-state index contributed by atoms with van der Waals surface area (Å²) in [6.45, 7) is 1.88. The second-order valence-corrected chi connectivity index (χ2v) is 7.58. The quantitative estimate of drug-likeness (QED) is 0.807. The average Bonchev–Trinajstić information content (AvgIpc) is 2.34. The first kappa shape index (κ1) is 15.6. The van der Waals surface area contributed by atoms with Gasteiger partial charge in [-0.1, -0.05) is 56.8 Å². The van der Waals surface area contributed by atoms with Crippen molar-refractivity contribution in [1.29, 1.82) is 0 Å². The summed E-state index contributed by atoms with van der Waals surface area (Å²) in [5.74, 6) is 0. The average molecular weight is 395 g/mol. The predicted molar refractivity (Wildman–Crippen MR) is 86.1 cm³/mol. The lowest BCUT2D eigenvalue weighted by Gasteiger charge is -2.12. The fraction of sp³-hybridized carbons (Fsp3) is 0.0769. The van der Waals surface area contributed by atoms with E-state index in [-0.39, 0.29) is 20.6 Å². The SMILES string of the molecule is Cc1ccc(S(=O)(=O)Nc2c(Cl)cc(Br)cc2Cl)cc1. The van der Waals surface area contributed by atoms with E-state index in [2.05, 4.69) is 20.7 Å². The number of benzene rings is 2. The van der Waals surface area contributed by atoms with Crippen LogP contribution < -0.4 is 4.72 Å². The van der Waals surface area contributed by atoms with Crippen LogP contribution in [0.4, 0.5) is 5.69 Å². The molecular weight excluding hydrogens is 385 g/mol. The number of aryl methyl sites for hydroxylation is 1. The third-order valence-electron chi connectivity index (χ3n) is 2.57. The van der Waals surface area contributed by atoms with Crippen LogP contribution in [-0.4, -0.2) is 8.42 Å². The first-order valence-electron chi connectivity index (χ1n) is 5.53. The van der Waals surface area contributed by atoms with Crippen LogP contribution in [0.1, 0.15) is 5.56 Å². The monoisotopic (exact) mass is 393 g/mol. The Morgan fingerprint density at radius 3 is 2.05 bits per heavy atom. The number of anilines is 1. The maximum atomic E-state index is 12.3. The largest absolute Gasteiger partial charge is 0.277 e. The van der Waals surface area contributed by atoms with Crippen LogP contribution >= 0.6 is 39.1 Å². The highest BCUT2D eigenvalue weighted by Crippen LogP contribution is 2.35.